The second-order valence-electron chi connectivity index (χ2n) is 5.81. The van der Waals surface area contributed by atoms with Gasteiger partial charge in [0.25, 0.3) is 0 Å². The summed E-state index contributed by atoms with van der Waals surface area (Å²) in [4.78, 5) is 24.8. The van der Waals surface area contributed by atoms with Crippen LogP contribution >= 0.6 is 0 Å². The minimum atomic E-state index is -1.41. The van der Waals surface area contributed by atoms with Crippen LogP contribution in [0.15, 0.2) is 30.3 Å². The second kappa shape index (κ2) is 7.22. The van der Waals surface area contributed by atoms with Crippen LogP contribution < -0.4 is 14.2 Å². The van der Waals surface area contributed by atoms with Gasteiger partial charge in [-0.25, -0.2) is 8.78 Å². The lowest BCUT2D eigenvalue weighted by molar-refractivity contribution is -0.157. The Morgan fingerprint density at radius 1 is 1.04 bits per heavy atom. The molecule has 0 unspecified atom stereocenters. The van der Waals surface area contributed by atoms with E-state index in [1.54, 1.807) is 6.07 Å². The van der Waals surface area contributed by atoms with Gasteiger partial charge in [0.2, 0.25) is 0 Å². The molecule has 0 spiro atoms. The molecule has 0 amide bonds. The predicted octanol–water partition coefficient (Wildman–Crippen LogP) is 2.82. The maximum absolute atomic E-state index is 13.9. The molecule has 0 bridgehead atoms. The van der Waals surface area contributed by atoms with Crippen LogP contribution in [0.5, 0.6) is 17.2 Å². The lowest BCUT2D eigenvalue weighted by Crippen LogP contribution is -2.38. The van der Waals surface area contributed by atoms with Crippen LogP contribution in [0.3, 0.4) is 0 Å². The van der Waals surface area contributed by atoms with E-state index in [0.29, 0.717) is 11.3 Å². The van der Waals surface area contributed by atoms with Crippen molar-refractivity contribution in [3.05, 3.63) is 53.1 Å². The molecular formula is C19H16F2O6. The summed E-state index contributed by atoms with van der Waals surface area (Å²) in [7, 11) is 3.94. The molecule has 0 saturated heterocycles. The Balaban J connectivity index is 2.29. The van der Waals surface area contributed by atoms with Gasteiger partial charge in [-0.1, -0.05) is 6.07 Å². The molecule has 27 heavy (non-hydrogen) atoms. The van der Waals surface area contributed by atoms with Crippen LogP contribution in [0.4, 0.5) is 8.78 Å². The van der Waals surface area contributed by atoms with Crippen molar-refractivity contribution in [1.82, 2.24) is 0 Å². The van der Waals surface area contributed by atoms with Crippen molar-refractivity contribution >= 4 is 11.9 Å². The minimum absolute atomic E-state index is 0.103. The average molecular weight is 378 g/mol. The van der Waals surface area contributed by atoms with Gasteiger partial charge in [0.1, 0.15) is 17.2 Å². The molecular weight excluding hydrogens is 362 g/mol. The van der Waals surface area contributed by atoms with Crippen LogP contribution in [0, 0.1) is 17.6 Å². The van der Waals surface area contributed by atoms with Crippen molar-refractivity contribution in [3.63, 3.8) is 0 Å². The Bertz CT molecular complexity index is 911. The van der Waals surface area contributed by atoms with E-state index >= 15 is 0 Å². The maximum Gasteiger partial charge on any atom is 0.326 e. The smallest absolute Gasteiger partial charge is 0.326 e. The van der Waals surface area contributed by atoms with Gasteiger partial charge in [-0.3, -0.25) is 9.59 Å². The zero-order valence-electron chi connectivity index (χ0n) is 14.7. The summed E-state index contributed by atoms with van der Waals surface area (Å²) in [5, 5.41) is 0. The molecule has 8 heteroatoms. The Hall–Kier alpha value is -3.16. The van der Waals surface area contributed by atoms with Crippen molar-refractivity contribution in [2.24, 2.45) is 5.92 Å². The van der Waals surface area contributed by atoms with Crippen molar-refractivity contribution in [2.75, 3.05) is 21.3 Å². The summed E-state index contributed by atoms with van der Waals surface area (Å²) >= 11 is 0. The summed E-state index contributed by atoms with van der Waals surface area (Å²) in [5.74, 6) is -5.57. The zero-order chi connectivity index (χ0) is 19.7. The van der Waals surface area contributed by atoms with Crippen molar-refractivity contribution in [1.29, 1.82) is 0 Å². The van der Waals surface area contributed by atoms with Gasteiger partial charge < -0.3 is 18.9 Å². The number of ether oxygens (including phenoxy) is 4. The lowest BCUT2D eigenvalue weighted by atomic mass is 9.78. The normalized spacial score (nSPS) is 18.3. The number of carbonyl (C=O) groups excluding carboxylic acids is 2. The van der Waals surface area contributed by atoms with Gasteiger partial charge in [-0.05, 0) is 17.7 Å². The first-order valence-corrected chi connectivity index (χ1v) is 7.91. The Labute approximate surface area is 153 Å². The predicted molar refractivity (Wildman–Crippen MR) is 88.9 cm³/mol. The number of fused-ring (bicyclic) bond motifs is 1. The van der Waals surface area contributed by atoms with Crippen LogP contribution in [-0.2, 0) is 14.3 Å². The fourth-order valence-corrected chi connectivity index (χ4v) is 3.15. The standard InChI is InChI=1S/C19H16F2O6/c1-24-10-7-13(25-2)16-14(8-10)27-19(23)17(18(22)26-3)15(16)9-4-5-11(20)12(21)6-9/h4-8,15,17H,1-3H3/t15-,17-/m1/s1. The van der Waals surface area contributed by atoms with Gasteiger partial charge in [0, 0.05) is 23.6 Å². The Morgan fingerprint density at radius 2 is 1.78 bits per heavy atom. The molecule has 142 valence electrons. The minimum Gasteiger partial charge on any atom is -0.496 e. The lowest BCUT2D eigenvalue weighted by Gasteiger charge is -2.32. The highest BCUT2D eigenvalue weighted by Crippen LogP contribution is 2.49. The molecule has 0 saturated carbocycles. The van der Waals surface area contributed by atoms with Crippen LogP contribution in [0.1, 0.15) is 17.0 Å². The fourth-order valence-electron chi connectivity index (χ4n) is 3.15. The SMILES string of the molecule is COC(=O)[C@@H]1C(=O)Oc2cc(OC)cc(OC)c2[C@H]1c1ccc(F)c(F)c1. The maximum atomic E-state index is 13.9. The van der Waals surface area contributed by atoms with Gasteiger partial charge in [0.15, 0.2) is 17.6 Å². The molecule has 0 N–H and O–H groups in total. The molecule has 0 aliphatic carbocycles. The second-order valence-corrected chi connectivity index (χ2v) is 5.81. The largest absolute Gasteiger partial charge is 0.496 e. The van der Waals surface area contributed by atoms with Gasteiger partial charge in [-0.15, -0.1) is 0 Å². The molecule has 0 radical (unpaired) electrons. The summed E-state index contributed by atoms with van der Waals surface area (Å²) in [6.45, 7) is 0. The van der Waals surface area contributed by atoms with Crippen LogP contribution in [-0.4, -0.2) is 33.3 Å². The first kappa shape index (κ1) is 18.6. The molecule has 0 aromatic heterocycles. The Morgan fingerprint density at radius 3 is 2.37 bits per heavy atom. The number of benzene rings is 2. The molecule has 3 rings (SSSR count). The summed E-state index contributed by atoms with van der Waals surface area (Å²) < 4.78 is 47.8. The van der Waals surface area contributed by atoms with Gasteiger partial charge in [0.05, 0.1) is 21.3 Å². The highest BCUT2D eigenvalue weighted by atomic mass is 19.2. The number of methoxy groups -OCH3 is 3. The van der Waals surface area contributed by atoms with Gasteiger partial charge >= 0.3 is 11.9 Å². The quantitative estimate of drug-likeness (QED) is 0.463. The number of hydrogen-bond acceptors (Lipinski definition) is 6. The number of rotatable bonds is 4. The summed E-state index contributed by atoms with van der Waals surface area (Å²) in [6.07, 6.45) is 0. The van der Waals surface area contributed by atoms with E-state index in [1.165, 1.54) is 26.4 Å². The van der Waals surface area contributed by atoms with Crippen molar-refractivity contribution in [2.45, 2.75) is 5.92 Å². The summed E-state index contributed by atoms with van der Waals surface area (Å²) in [6, 6.07) is 6.15. The molecule has 2 atom stereocenters. The Kier molecular flexibility index (Phi) is 4.98. The molecule has 0 fully saturated rings. The van der Waals surface area contributed by atoms with Crippen molar-refractivity contribution < 1.29 is 37.3 Å². The molecule has 2 aromatic rings. The molecule has 6 nitrogen and oxygen atoms in total. The van der Waals surface area contributed by atoms with Gasteiger partial charge in [-0.2, -0.15) is 0 Å². The number of esters is 2. The van der Waals surface area contributed by atoms with E-state index in [2.05, 4.69) is 0 Å². The highest BCUT2D eigenvalue weighted by Gasteiger charge is 2.46. The van der Waals surface area contributed by atoms with E-state index in [-0.39, 0.29) is 17.1 Å². The third kappa shape index (κ3) is 3.18. The summed E-state index contributed by atoms with van der Waals surface area (Å²) in [5.41, 5.74) is 0.532. The monoisotopic (exact) mass is 378 g/mol. The van der Waals surface area contributed by atoms with E-state index in [4.69, 9.17) is 18.9 Å². The van der Waals surface area contributed by atoms with E-state index < -0.39 is 35.4 Å². The van der Waals surface area contributed by atoms with Crippen LogP contribution in [0.2, 0.25) is 0 Å². The van der Waals surface area contributed by atoms with E-state index in [1.807, 2.05) is 0 Å². The number of carbonyl (C=O) groups is 2. The van der Waals surface area contributed by atoms with E-state index in [0.717, 1.165) is 19.2 Å². The first-order chi connectivity index (χ1) is 12.9. The highest BCUT2D eigenvalue weighted by molar-refractivity contribution is 5.99. The fraction of sp³-hybridized carbons (Fsp3) is 0.263. The third-order valence-corrected chi connectivity index (χ3v) is 4.40. The third-order valence-electron chi connectivity index (χ3n) is 4.40. The molecule has 1 aliphatic heterocycles. The van der Waals surface area contributed by atoms with Crippen LogP contribution in [0.25, 0.3) is 0 Å². The topological polar surface area (TPSA) is 71.1 Å². The van der Waals surface area contributed by atoms with Crippen molar-refractivity contribution in [3.8, 4) is 17.2 Å². The zero-order valence-corrected chi connectivity index (χ0v) is 14.7. The molecule has 2 aromatic carbocycles. The number of halogens is 2. The average Bonchev–Trinajstić information content (AvgIpc) is 2.67. The van der Waals surface area contributed by atoms with E-state index in [9.17, 15) is 18.4 Å². The molecule has 1 heterocycles. The number of hydrogen-bond donors (Lipinski definition) is 0. The first-order valence-electron chi connectivity index (χ1n) is 7.91. The molecule has 1 aliphatic rings.